The molecule has 2 N–H and O–H groups in total. The molecule has 1 aromatic carbocycles. The average Bonchev–Trinajstić information content (AvgIpc) is 3.16. The highest BCUT2D eigenvalue weighted by atomic mass is 19.4. The number of fused-ring (bicyclic) bond motifs is 1. The predicted molar refractivity (Wildman–Crippen MR) is 83.7 cm³/mol. The van der Waals surface area contributed by atoms with Gasteiger partial charge in [0.1, 0.15) is 11.9 Å². The van der Waals surface area contributed by atoms with Crippen LogP contribution in [0.15, 0.2) is 30.3 Å². The minimum absolute atomic E-state index is 0.0365. The van der Waals surface area contributed by atoms with Gasteiger partial charge in [-0.2, -0.15) is 13.2 Å². The summed E-state index contributed by atoms with van der Waals surface area (Å²) in [5.74, 6) is 1.39. The van der Waals surface area contributed by atoms with E-state index in [1.54, 1.807) is 30.3 Å². The van der Waals surface area contributed by atoms with Crippen LogP contribution in [-0.4, -0.2) is 33.0 Å². The van der Waals surface area contributed by atoms with Gasteiger partial charge in [0, 0.05) is 19.4 Å². The van der Waals surface area contributed by atoms with Gasteiger partial charge in [0.05, 0.1) is 6.54 Å². The van der Waals surface area contributed by atoms with Gasteiger partial charge in [0.15, 0.2) is 5.82 Å². The maximum atomic E-state index is 13.2. The Bertz CT molecular complexity index is 729. The molecule has 2 amide bonds. The molecule has 0 fully saturated rings. The second kappa shape index (κ2) is 7.12. The van der Waals surface area contributed by atoms with E-state index in [0.717, 1.165) is 25.2 Å². The van der Waals surface area contributed by atoms with Crippen LogP contribution < -0.4 is 10.6 Å². The Balaban J connectivity index is 1.58. The van der Waals surface area contributed by atoms with Gasteiger partial charge in [-0.05, 0) is 12.0 Å². The summed E-state index contributed by atoms with van der Waals surface area (Å²) >= 11 is 0. The molecule has 3 rings (SSSR count). The van der Waals surface area contributed by atoms with Crippen molar-refractivity contribution in [2.24, 2.45) is 0 Å². The molecular formula is C16H18F3N5O. The zero-order valence-electron chi connectivity index (χ0n) is 13.4. The smallest absolute Gasteiger partial charge is 0.331 e. The number of rotatable bonds is 5. The van der Waals surface area contributed by atoms with Crippen LogP contribution in [0.1, 0.15) is 23.6 Å². The molecule has 0 unspecified atom stereocenters. The number of alkyl halides is 3. The van der Waals surface area contributed by atoms with Crippen LogP contribution in [0.2, 0.25) is 0 Å². The lowest BCUT2D eigenvalue weighted by atomic mass is 10.1. The van der Waals surface area contributed by atoms with E-state index >= 15 is 0 Å². The van der Waals surface area contributed by atoms with E-state index < -0.39 is 18.2 Å². The van der Waals surface area contributed by atoms with Crippen LogP contribution in [0.3, 0.4) is 0 Å². The molecule has 0 aliphatic carbocycles. The Morgan fingerprint density at radius 1 is 1.24 bits per heavy atom. The summed E-state index contributed by atoms with van der Waals surface area (Å²) in [5, 5.41) is 12.4. The van der Waals surface area contributed by atoms with Gasteiger partial charge >= 0.3 is 12.2 Å². The third kappa shape index (κ3) is 4.28. The lowest BCUT2D eigenvalue weighted by molar-refractivity contribution is -0.152. The largest absolute Gasteiger partial charge is 0.408 e. The summed E-state index contributed by atoms with van der Waals surface area (Å²) in [6.45, 7) is 0.800. The molecule has 1 aliphatic heterocycles. The second-order valence-electron chi connectivity index (χ2n) is 5.90. The fourth-order valence-corrected chi connectivity index (χ4v) is 2.81. The number of aromatic nitrogens is 3. The standard InChI is InChI=1S/C16H18F3N5O/c17-16(18,19)12(9-11-5-2-1-3-6-11)21-15(25)20-10-14-23-22-13-7-4-8-24(13)14/h1-3,5-6,12H,4,7-10H2,(H2,20,21,25)/t12-/m0/s1. The fourth-order valence-electron chi connectivity index (χ4n) is 2.81. The van der Waals surface area contributed by atoms with Crippen LogP contribution >= 0.6 is 0 Å². The van der Waals surface area contributed by atoms with Crippen LogP contribution in [0.25, 0.3) is 0 Å². The van der Waals surface area contributed by atoms with Gasteiger partial charge in [-0.25, -0.2) is 4.79 Å². The van der Waals surface area contributed by atoms with Crippen LogP contribution in [-0.2, 0) is 25.9 Å². The van der Waals surface area contributed by atoms with Crippen molar-refractivity contribution < 1.29 is 18.0 Å². The number of benzene rings is 1. The second-order valence-corrected chi connectivity index (χ2v) is 5.90. The molecule has 1 aliphatic rings. The molecule has 2 heterocycles. The number of hydrogen-bond acceptors (Lipinski definition) is 3. The Morgan fingerprint density at radius 2 is 2.00 bits per heavy atom. The molecule has 9 heteroatoms. The first kappa shape index (κ1) is 17.2. The molecule has 0 spiro atoms. The summed E-state index contributed by atoms with van der Waals surface area (Å²) in [7, 11) is 0. The van der Waals surface area contributed by atoms with Crippen molar-refractivity contribution >= 4 is 6.03 Å². The number of carbonyl (C=O) groups excluding carboxylic acids is 1. The van der Waals surface area contributed by atoms with Crippen LogP contribution in [0.5, 0.6) is 0 Å². The van der Waals surface area contributed by atoms with E-state index in [1.807, 2.05) is 9.88 Å². The molecule has 2 aromatic rings. The minimum Gasteiger partial charge on any atom is -0.331 e. The Labute approximate surface area is 142 Å². The fraction of sp³-hybridized carbons (Fsp3) is 0.438. The third-order valence-corrected chi connectivity index (χ3v) is 4.08. The maximum Gasteiger partial charge on any atom is 0.408 e. The Morgan fingerprint density at radius 3 is 2.72 bits per heavy atom. The first-order chi connectivity index (χ1) is 11.9. The summed E-state index contributed by atoms with van der Waals surface area (Å²) in [6.07, 6.45) is -3.08. The summed E-state index contributed by atoms with van der Waals surface area (Å²) < 4.78 is 41.5. The van der Waals surface area contributed by atoms with E-state index in [2.05, 4.69) is 15.5 Å². The average molecular weight is 353 g/mol. The van der Waals surface area contributed by atoms with Crippen molar-refractivity contribution in [1.82, 2.24) is 25.4 Å². The minimum atomic E-state index is -4.54. The Kier molecular flexibility index (Phi) is 4.91. The number of urea groups is 1. The molecule has 25 heavy (non-hydrogen) atoms. The predicted octanol–water partition coefficient (Wildman–Crippen LogP) is 2.20. The zero-order valence-corrected chi connectivity index (χ0v) is 13.4. The molecule has 0 bridgehead atoms. The summed E-state index contributed by atoms with van der Waals surface area (Å²) in [4.78, 5) is 11.9. The van der Waals surface area contributed by atoms with Crippen LogP contribution in [0, 0.1) is 0 Å². The number of nitrogens with one attached hydrogen (secondary N) is 2. The number of amides is 2. The molecule has 134 valence electrons. The van der Waals surface area contributed by atoms with Crippen LogP contribution in [0.4, 0.5) is 18.0 Å². The molecule has 1 atom stereocenters. The number of aryl methyl sites for hydroxylation is 1. The first-order valence-electron chi connectivity index (χ1n) is 7.99. The highest BCUT2D eigenvalue weighted by Crippen LogP contribution is 2.23. The quantitative estimate of drug-likeness (QED) is 0.866. The molecular weight excluding hydrogens is 335 g/mol. The molecule has 0 radical (unpaired) electrons. The SMILES string of the molecule is O=C(NCc1nnc2n1CCC2)N[C@@H](Cc1ccccc1)C(F)(F)F. The topological polar surface area (TPSA) is 71.8 Å². The van der Waals surface area contributed by atoms with Crippen molar-refractivity contribution in [3.8, 4) is 0 Å². The molecule has 0 saturated heterocycles. The summed E-state index contributed by atoms with van der Waals surface area (Å²) in [6, 6.07) is 5.40. The zero-order chi connectivity index (χ0) is 17.9. The highest BCUT2D eigenvalue weighted by molar-refractivity contribution is 5.74. The van der Waals surface area contributed by atoms with Crippen molar-refractivity contribution in [3.05, 3.63) is 47.5 Å². The number of nitrogens with zero attached hydrogens (tertiary/aromatic N) is 3. The van der Waals surface area contributed by atoms with Crippen molar-refractivity contribution in [2.45, 2.75) is 44.6 Å². The lowest BCUT2D eigenvalue weighted by Crippen LogP contribution is -2.50. The van der Waals surface area contributed by atoms with Gasteiger partial charge in [0.2, 0.25) is 0 Å². The third-order valence-electron chi connectivity index (χ3n) is 4.08. The first-order valence-corrected chi connectivity index (χ1v) is 7.99. The maximum absolute atomic E-state index is 13.2. The van der Waals surface area contributed by atoms with Gasteiger partial charge < -0.3 is 15.2 Å². The van der Waals surface area contributed by atoms with Gasteiger partial charge in [0.25, 0.3) is 0 Å². The van der Waals surface area contributed by atoms with E-state index in [0.29, 0.717) is 11.4 Å². The van der Waals surface area contributed by atoms with Gasteiger partial charge in [-0.3, -0.25) is 0 Å². The van der Waals surface area contributed by atoms with Gasteiger partial charge in [-0.1, -0.05) is 30.3 Å². The molecule has 6 nitrogen and oxygen atoms in total. The highest BCUT2D eigenvalue weighted by Gasteiger charge is 2.40. The molecule has 1 aromatic heterocycles. The van der Waals surface area contributed by atoms with E-state index in [-0.39, 0.29) is 13.0 Å². The van der Waals surface area contributed by atoms with E-state index in [1.165, 1.54) is 0 Å². The number of hydrogen-bond donors (Lipinski definition) is 2. The number of carbonyl (C=O) groups is 1. The monoisotopic (exact) mass is 353 g/mol. The van der Waals surface area contributed by atoms with E-state index in [4.69, 9.17) is 0 Å². The van der Waals surface area contributed by atoms with E-state index in [9.17, 15) is 18.0 Å². The van der Waals surface area contributed by atoms with Crippen molar-refractivity contribution in [3.63, 3.8) is 0 Å². The van der Waals surface area contributed by atoms with Gasteiger partial charge in [-0.15, -0.1) is 10.2 Å². The van der Waals surface area contributed by atoms with Crippen molar-refractivity contribution in [2.75, 3.05) is 0 Å². The Hall–Kier alpha value is -2.58. The normalized spacial score (nSPS) is 14.8. The lowest BCUT2D eigenvalue weighted by Gasteiger charge is -2.22. The summed E-state index contributed by atoms with van der Waals surface area (Å²) in [5.41, 5.74) is 0.500. The number of halogens is 3. The van der Waals surface area contributed by atoms with Crippen molar-refractivity contribution in [1.29, 1.82) is 0 Å². The molecule has 0 saturated carbocycles.